The molecule has 1 fully saturated rings. The number of nitrogens with zero attached hydrogens (tertiary/aromatic N) is 2. The lowest BCUT2D eigenvalue weighted by Crippen LogP contribution is -2.10. The third-order valence-electron chi connectivity index (χ3n) is 2.82. The molecule has 0 spiro atoms. The number of rotatable bonds is 2. The van der Waals surface area contributed by atoms with Gasteiger partial charge < -0.3 is 5.11 Å². The van der Waals surface area contributed by atoms with Crippen LogP contribution in [0.3, 0.4) is 0 Å². The van der Waals surface area contributed by atoms with Gasteiger partial charge in [-0.2, -0.15) is 0 Å². The van der Waals surface area contributed by atoms with E-state index >= 15 is 0 Å². The smallest absolute Gasteiger partial charge is 0.356 e. The van der Waals surface area contributed by atoms with E-state index in [0.717, 1.165) is 18.5 Å². The average Bonchev–Trinajstić information content (AvgIpc) is 2.30. The van der Waals surface area contributed by atoms with Crippen LogP contribution in [0.25, 0.3) is 0 Å². The van der Waals surface area contributed by atoms with Crippen LogP contribution in [-0.4, -0.2) is 21.0 Å². The Morgan fingerprint density at radius 1 is 1.40 bits per heavy atom. The summed E-state index contributed by atoms with van der Waals surface area (Å²) >= 11 is 0. The molecule has 2 rings (SSSR count). The van der Waals surface area contributed by atoms with Gasteiger partial charge in [-0.15, -0.1) is 0 Å². The van der Waals surface area contributed by atoms with Gasteiger partial charge >= 0.3 is 5.97 Å². The van der Waals surface area contributed by atoms with Crippen molar-refractivity contribution in [3.05, 3.63) is 23.8 Å². The molecule has 1 radical (unpaired) electrons. The molecule has 1 N–H and O–H groups in total. The minimum absolute atomic E-state index is 0.0225. The molecule has 0 saturated heterocycles. The zero-order chi connectivity index (χ0) is 10.7. The van der Waals surface area contributed by atoms with Gasteiger partial charge in [0.1, 0.15) is 6.20 Å². The molecule has 1 aliphatic rings. The highest BCUT2D eigenvalue weighted by Crippen LogP contribution is 2.30. The number of hydrogen-bond acceptors (Lipinski definition) is 3. The standard InChI is InChI=1S/C11H13N2O2/c14-11(15)10-7-12-6-9(13-10)8-4-2-1-3-5-8/h7-8H,1-5H2,(H,14,15). The first-order valence-electron chi connectivity index (χ1n) is 5.25. The molecular formula is C11H13N2O2. The second-order valence-electron chi connectivity index (χ2n) is 3.89. The van der Waals surface area contributed by atoms with Crippen LogP contribution < -0.4 is 0 Å². The number of carbonyl (C=O) groups is 1. The normalized spacial score (nSPS) is 17.6. The number of aromatic carboxylic acids is 1. The maximum Gasteiger partial charge on any atom is 0.356 e. The van der Waals surface area contributed by atoms with Crippen molar-refractivity contribution in [1.82, 2.24) is 9.97 Å². The fourth-order valence-corrected chi connectivity index (χ4v) is 2.00. The maximum atomic E-state index is 10.7. The van der Waals surface area contributed by atoms with E-state index in [1.54, 1.807) is 0 Å². The van der Waals surface area contributed by atoms with Crippen LogP contribution in [0.1, 0.15) is 54.2 Å². The predicted octanol–water partition coefficient (Wildman–Crippen LogP) is 2.02. The predicted molar refractivity (Wildman–Crippen MR) is 53.7 cm³/mol. The Labute approximate surface area is 88.4 Å². The Hall–Kier alpha value is -1.45. The van der Waals surface area contributed by atoms with Crippen molar-refractivity contribution in [3.63, 3.8) is 0 Å². The van der Waals surface area contributed by atoms with Crippen molar-refractivity contribution in [3.8, 4) is 0 Å². The van der Waals surface area contributed by atoms with Crippen LogP contribution in [0.15, 0.2) is 6.20 Å². The molecule has 1 aromatic rings. The highest BCUT2D eigenvalue weighted by molar-refractivity contribution is 5.84. The molecule has 1 aliphatic carbocycles. The maximum absolute atomic E-state index is 10.7. The van der Waals surface area contributed by atoms with Crippen LogP contribution in [0.2, 0.25) is 0 Å². The summed E-state index contributed by atoms with van der Waals surface area (Å²) in [6.07, 6.45) is 9.86. The average molecular weight is 205 g/mol. The van der Waals surface area contributed by atoms with Crippen LogP contribution in [0.5, 0.6) is 0 Å². The van der Waals surface area contributed by atoms with E-state index in [0.29, 0.717) is 5.92 Å². The number of carboxylic acids is 1. The molecule has 1 heterocycles. The monoisotopic (exact) mass is 205 g/mol. The van der Waals surface area contributed by atoms with Gasteiger partial charge in [0.05, 0.1) is 11.9 Å². The number of hydrogen-bond donors (Lipinski definition) is 1. The van der Waals surface area contributed by atoms with Crippen molar-refractivity contribution in [2.24, 2.45) is 0 Å². The van der Waals surface area contributed by atoms with Gasteiger partial charge in [0, 0.05) is 5.92 Å². The Balaban J connectivity index is 2.19. The largest absolute Gasteiger partial charge is 0.476 e. The molecule has 0 atom stereocenters. The van der Waals surface area contributed by atoms with E-state index in [2.05, 4.69) is 16.2 Å². The summed E-state index contributed by atoms with van der Waals surface area (Å²) in [4.78, 5) is 18.6. The van der Waals surface area contributed by atoms with Crippen LogP contribution in [-0.2, 0) is 0 Å². The minimum atomic E-state index is -1.02. The topological polar surface area (TPSA) is 63.1 Å². The van der Waals surface area contributed by atoms with Gasteiger partial charge in [-0.3, -0.25) is 4.98 Å². The summed E-state index contributed by atoms with van der Waals surface area (Å²) in [5, 5.41) is 8.79. The summed E-state index contributed by atoms with van der Waals surface area (Å²) in [5.41, 5.74) is 0.740. The molecule has 15 heavy (non-hydrogen) atoms. The lowest BCUT2D eigenvalue weighted by atomic mass is 9.87. The van der Waals surface area contributed by atoms with E-state index in [4.69, 9.17) is 5.11 Å². The quantitative estimate of drug-likeness (QED) is 0.802. The van der Waals surface area contributed by atoms with E-state index < -0.39 is 5.97 Å². The second-order valence-corrected chi connectivity index (χ2v) is 3.89. The van der Waals surface area contributed by atoms with Crippen molar-refractivity contribution >= 4 is 5.97 Å². The molecule has 1 aromatic heterocycles. The summed E-state index contributed by atoms with van der Waals surface area (Å²) in [6, 6.07) is 0. The van der Waals surface area contributed by atoms with Gasteiger partial charge in [-0.25, -0.2) is 9.78 Å². The summed E-state index contributed by atoms with van der Waals surface area (Å²) in [6.45, 7) is 0. The third kappa shape index (κ3) is 2.32. The molecule has 79 valence electrons. The van der Waals surface area contributed by atoms with E-state index in [9.17, 15) is 4.79 Å². The number of carboxylic acid groups (broad SMARTS) is 1. The third-order valence-corrected chi connectivity index (χ3v) is 2.82. The molecule has 0 unspecified atom stereocenters. The molecule has 4 heteroatoms. The Morgan fingerprint density at radius 3 is 2.80 bits per heavy atom. The molecular weight excluding hydrogens is 192 g/mol. The lowest BCUT2D eigenvalue weighted by Gasteiger charge is -2.20. The summed E-state index contributed by atoms with van der Waals surface area (Å²) in [7, 11) is 0. The first-order valence-corrected chi connectivity index (χ1v) is 5.25. The molecule has 0 amide bonds. The highest BCUT2D eigenvalue weighted by atomic mass is 16.4. The van der Waals surface area contributed by atoms with Crippen molar-refractivity contribution in [2.45, 2.75) is 38.0 Å². The second kappa shape index (κ2) is 4.38. The lowest BCUT2D eigenvalue weighted by molar-refractivity contribution is 0.0689. The first-order chi connectivity index (χ1) is 7.27. The molecule has 0 aromatic carbocycles. The van der Waals surface area contributed by atoms with E-state index in [1.165, 1.54) is 25.5 Å². The highest BCUT2D eigenvalue weighted by Gasteiger charge is 2.18. The van der Waals surface area contributed by atoms with E-state index in [-0.39, 0.29) is 5.69 Å². The van der Waals surface area contributed by atoms with Crippen LogP contribution in [0.4, 0.5) is 0 Å². The molecule has 0 aliphatic heterocycles. The minimum Gasteiger partial charge on any atom is -0.476 e. The Morgan fingerprint density at radius 2 is 2.13 bits per heavy atom. The summed E-state index contributed by atoms with van der Waals surface area (Å²) < 4.78 is 0. The Bertz CT molecular complexity index is 359. The Kier molecular flexibility index (Phi) is 2.94. The fraction of sp³-hybridized carbons (Fsp3) is 0.545. The number of aromatic nitrogens is 2. The first kappa shape index (κ1) is 10.1. The van der Waals surface area contributed by atoms with E-state index in [1.807, 2.05) is 0 Å². The van der Waals surface area contributed by atoms with Gasteiger partial charge in [0.25, 0.3) is 0 Å². The molecule has 4 nitrogen and oxygen atoms in total. The fourth-order valence-electron chi connectivity index (χ4n) is 2.00. The van der Waals surface area contributed by atoms with Gasteiger partial charge in [-0.1, -0.05) is 19.3 Å². The zero-order valence-electron chi connectivity index (χ0n) is 8.44. The van der Waals surface area contributed by atoms with Crippen molar-refractivity contribution in [2.75, 3.05) is 0 Å². The van der Waals surface area contributed by atoms with Crippen molar-refractivity contribution < 1.29 is 9.90 Å². The van der Waals surface area contributed by atoms with Crippen LogP contribution >= 0.6 is 0 Å². The van der Waals surface area contributed by atoms with Crippen molar-refractivity contribution in [1.29, 1.82) is 0 Å². The summed E-state index contributed by atoms with van der Waals surface area (Å²) in [5.74, 6) is -0.667. The van der Waals surface area contributed by atoms with Gasteiger partial charge in [0.15, 0.2) is 5.69 Å². The van der Waals surface area contributed by atoms with Gasteiger partial charge in [-0.05, 0) is 12.8 Å². The molecule has 1 saturated carbocycles. The zero-order valence-corrected chi connectivity index (χ0v) is 8.44. The van der Waals surface area contributed by atoms with Crippen LogP contribution in [0, 0.1) is 6.20 Å². The SMILES string of the molecule is O=C(O)c1cn[c]c(C2CCCCC2)n1. The molecule has 0 bridgehead atoms. The van der Waals surface area contributed by atoms with Gasteiger partial charge in [0.2, 0.25) is 0 Å².